The number of hydrogen-bond acceptors (Lipinski definition) is 5. The molecule has 0 saturated heterocycles. The molecule has 1 aliphatic heterocycles. The SMILES string of the molecule is CCCc1ncoc1C1=CCCN(C)C1.O=C(O)C(=O)O. The Bertz CT molecular complexity index is 509. The lowest BCUT2D eigenvalue weighted by Crippen LogP contribution is -2.25. The van der Waals surface area contributed by atoms with Gasteiger partial charge in [0, 0.05) is 18.7 Å². The third-order valence-corrected chi connectivity index (χ3v) is 2.94. The van der Waals surface area contributed by atoms with E-state index in [2.05, 4.69) is 29.9 Å². The number of aliphatic carboxylic acids is 2. The fraction of sp³-hybridized carbons (Fsp3) is 0.500. The van der Waals surface area contributed by atoms with Gasteiger partial charge in [0.05, 0.1) is 5.69 Å². The molecule has 0 radical (unpaired) electrons. The monoisotopic (exact) mass is 296 g/mol. The van der Waals surface area contributed by atoms with Gasteiger partial charge in [-0.2, -0.15) is 0 Å². The molecule has 0 unspecified atom stereocenters. The Morgan fingerprint density at radius 1 is 1.38 bits per heavy atom. The summed E-state index contributed by atoms with van der Waals surface area (Å²) in [6.45, 7) is 4.28. The number of aromatic nitrogens is 1. The zero-order valence-corrected chi connectivity index (χ0v) is 12.2. The van der Waals surface area contributed by atoms with Crippen molar-refractivity contribution in [3.63, 3.8) is 0 Å². The number of oxazole rings is 1. The van der Waals surface area contributed by atoms with Gasteiger partial charge in [-0.3, -0.25) is 0 Å². The maximum Gasteiger partial charge on any atom is 0.414 e. The molecular weight excluding hydrogens is 276 g/mol. The molecule has 0 spiro atoms. The van der Waals surface area contributed by atoms with Gasteiger partial charge in [-0.05, 0) is 19.9 Å². The average Bonchev–Trinajstić information content (AvgIpc) is 2.88. The molecule has 0 aromatic carbocycles. The van der Waals surface area contributed by atoms with E-state index in [0.717, 1.165) is 43.8 Å². The summed E-state index contributed by atoms with van der Waals surface area (Å²) in [6.07, 6.45) is 7.07. The van der Waals surface area contributed by atoms with E-state index in [1.165, 1.54) is 5.57 Å². The lowest BCUT2D eigenvalue weighted by Gasteiger charge is -2.21. The van der Waals surface area contributed by atoms with Gasteiger partial charge < -0.3 is 19.5 Å². The first-order chi connectivity index (χ1) is 9.95. The fourth-order valence-corrected chi connectivity index (χ4v) is 2.00. The van der Waals surface area contributed by atoms with E-state index in [9.17, 15) is 0 Å². The van der Waals surface area contributed by atoms with Gasteiger partial charge >= 0.3 is 11.9 Å². The quantitative estimate of drug-likeness (QED) is 0.814. The minimum Gasteiger partial charge on any atom is -0.473 e. The van der Waals surface area contributed by atoms with Crippen LogP contribution in [0.25, 0.3) is 5.57 Å². The Morgan fingerprint density at radius 2 is 2.05 bits per heavy atom. The molecule has 7 nitrogen and oxygen atoms in total. The van der Waals surface area contributed by atoms with Crippen LogP contribution in [-0.2, 0) is 16.0 Å². The highest BCUT2D eigenvalue weighted by Gasteiger charge is 2.16. The highest BCUT2D eigenvalue weighted by molar-refractivity contribution is 6.27. The number of likely N-dealkylation sites (N-methyl/N-ethyl adjacent to an activating group) is 1. The highest BCUT2D eigenvalue weighted by Crippen LogP contribution is 2.23. The van der Waals surface area contributed by atoms with Crippen molar-refractivity contribution in [1.82, 2.24) is 9.88 Å². The first kappa shape index (κ1) is 16.9. The molecule has 2 heterocycles. The summed E-state index contributed by atoms with van der Waals surface area (Å²) in [5.74, 6) is -2.64. The van der Waals surface area contributed by atoms with Gasteiger partial charge in [0.25, 0.3) is 0 Å². The summed E-state index contributed by atoms with van der Waals surface area (Å²) in [7, 11) is 2.14. The summed E-state index contributed by atoms with van der Waals surface area (Å²) >= 11 is 0. The molecule has 7 heteroatoms. The number of aryl methyl sites for hydroxylation is 1. The van der Waals surface area contributed by atoms with E-state index in [1.54, 1.807) is 6.39 Å². The second-order valence-electron chi connectivity index (χ2n) is 4.74. The van der Waals surface area contributed by atoms with Crippen molar-refractivity contribution < 1.29 is 24.2 Å². The second kappa shape index (κ2) is 8.21. The first-order valence-electron chi connectivity index (χ1n) is 6.72. The van der Waals surface area contributed by atoms with Crippen molar-refractivity contribution in [2.75, 3.05) is 20.1 Å². The molecule has 0 bridgehead atoms. The van der Waals surface area contributed by atoms with Crippen molar-refractivity contribution in [1.29, 1.82) is 0 Å². The van der Waals surface area contributed by atoms with Crippen LogP contribution in [0.1, 0.15) is 31.2 Å². The Morgan fingerprint density at radius 3 is 2.57 bits per heavy atom. The van der Waals surface area contributed by atoms with Gasteiger partial charge in [-0.15, -0.1) is 0 Å². The molecule has 0 saturated carbocycles. The number of nitrogens with zero attached hydrogens (tertiary/aromatic N) is 2. The standard InChI is InChI=1S/C12H18N2O.C2H2O4/c1-3-5-11-12(15-9-13-11)10-6-4-7-14(2)8-10;3-1(4)2(5)6/h6,9H,3-5,7-8H2,1-2H3;(H,3,4)(H,5,6). The topological polar surface area (TPSA) is 104 Å². The normalized spacial score (nSPS) is 14.9. The smallest absolute Gasteiger partial charge is 0.414 e. The van der Waals surface area contributed by atoms with Crippen LogP contribution in [0, 0.1) is 0 Å². The number of carboxylic acid groups (broad SMARTS) is 2. The van der Waals surface area contributed by atoms with Crippen LogP contribution in [0.15, 0.2) is 16.9 Å². The van der Waals surface area contributed by atoms with Gasteiger partial charge in [-0.25, -0.2) is 14.6 Å². The Labute approximate surface area is 122 Å². The van der Waals surface area contributed by atoms with E-state index in [1.807, 2.05) is 0 Å². The lowest BCUT2D eigenvalue weighted by atomic mass is 10.0. The Balaban J connectivity index is 0.000000315. The van der Waals surface area contributed by atoms with E-state index >= 15 is 0 Å². The number of carboxylic acids is 2. The van der Waals surface area contributed by atoms with Gasteiger partial charge in [0.2, 0.25) is 0 Å². The molecule has 116 valence electrons. The van der Waals surface area contributed by atoms with E-state index in [4.69, 9.17) is 24.2 Å². The summed E-state index contributed by atoms with van der Waals surface area (Å²) in [5.41, 5.74) is 2.41. The molecule has 0 aliphatic carbocycles. The minimum absolute atomic E-state index is 0.978. The van der Waals surface area contributed by atoms with Crippen LogP contribution >= 0.6 is 0 Å². The zero-order chi connectivity index (χ0) is 15.8. The van der Waals surface area contributed by atoms with Gasteiger partial charge in [0.1, 0.15) is 0 Å². The molecule has 1 aromatic heterocycles. The van der Waals surface area contributed by atoms with Crippen LogP contribution in [0.4, 0.5) is 0 Å². The number of carbonyl (C=O) groups is 2. The predicted molar refractivity (Wildman–Crippen MR) is 75.9 cm³/mol. The molecule has 21 heavy (non-hydrogen) atoms. The molecule has 1 aliphatic rings. The van der Waals surface area contributed by atoms with Gasteiger partial charge in [0.15, 0.2) is 12.2 Å². The predicted octanol–water partition coefficient (Wildman–Crippen LogP) is 1.50. The third kappa shape index (κ3) is 5.39. The Hall–Kier alpha value is -2.15. The second-order valence-corrected chi connectivity index (χ2v) is 4.74. The molecule has 1 aromatic rings. The van der Waals surface area contributed by atoms with Crippen LogP contribution in [0.3, 0.4) is 0 Å². The highest BCUT2D eigenvalue weighted by atomic mass is 16.4. The Kier molecular flexibility index (Phi) is 6.61. The first-order valence-corrected chi connectivity index (χ1v) is 6.72. The summed E-state index contributed by atoms with van der Waals surface area (Å²) in [6, 6.07) is 0. The molecule has 0 fully saturated rings. The molecule has 0 amide bonds. The minimum atomic E-state index is -1.82. The van der Waals surface area contributed by atoms with Crippen LogP contribution in [-0.4, -0.2) is 52.2 Å². The van der Waals surface area contributed by atoms with E-state index in [0.29, 0.717) is 0 Å². The molecule has 2 N–H and O–H groups in total. The van der Waals surface area contributed by atoms with E-state index < -0.39 is 11.9 Å². The zero-order valence-electron chi connectivity index (χ0n) is 12.2. The third-order valence-electron chi connectivity index (χ3n) is 2.94. The maximum absolute atomic E-state index is 9.10. The summed E-state index contributed by atoms with van der Waals surface area (Å²) in [4.78, 5) is 24.8. The molecule has 2 rings (SSSR count). The number of rotatable bonds is 3. The van der Waals surface area contributed by atoms with Crippen LogP contribution < -0.4 is 0 Å². The molecule has 0 atom stereocenters. The lowest BCUT2D eigenvalue weighted by molar-refractivity contribution is -0.159. The summed E-state index contributed by atoms with van der Waals surface area (Å²) < 4.78 is 5.50. The van der Waals surface area contributed by atoms with Crippen molar-refractivity contribution >= 4 is 17.5 Å². The van der Waals surface area contributed by atoms with Crippen molar-refractivity contribution in [2.45, 2.75) is 26.2 Å². The fourth-order valence-electron chi connectivity index (χ4n) is 2.00. The molecular formula is C14H20N2O5. The largest absolute Gasteiger partial charge is 0.473 e. The number of hydrogen-bond donors (Lipinski definition) is 2. The van der Waals surface area contributed by atoms with Crippen molar-refractivity contribution in [3.05, 3.63) is 23.9 Å². The van der Waals surface area contributed by atoms with Crippen LogP contribution in [0.5, 0.6) is 0 Å². The van der Waals surface area contributed by atoms with Crippen molar-refractivity contribution in [3.8, 4) is 0 Å². The van der Waals surface area contributed by atoms with E-state index in [-0.39, 0.29) is 0 Å². The average molecular weight is 296 g/mol. The summed E-state index contributed by atoms with van der Waals surface area (Å²) in [5, 5.41) is 14.8. The maximum atomic E-state index is 9.10. The van der Waals surface area contributed by atoms with Crippen molar-refractivity contribution in [2.24, 2.45) is 0 Å². The van der Waals surface area contributed by atoms with Gasteiger partial charge in [-0.1, -0.05) is 19.4 Å². The van der Waals surface area contributed by atoms with Crippen LogP contribution in [0.2, 0.25) is 0 Å².